The molecular weight excluding hydrogens is 351 g/mol. The molecule has 0 fully saturated rings. The molecule has 0 aliphatic carbocycles. The molecule has 0 atom stereocenters. The van der Waals surface area contributed by atoms with Crippen molar-refractivity contribution in [2.45, 2.75) is 0 Å². The molecule has 0 radical (unpaired) electrons. The largest absolute Gasteiger partial charge is 0.398 e. The van der Waals surface area contributed by atoms with Crippen molar-refractivity contribution in [3.63, 3.8) is 0 Å². The van der Waals surface area contributed by atoms with E-state index in [1.54, 1.807) is 36.4 Å². The number of anilines is 2. The number of hydrogen-bond acceptors (Lipinski definition) is 2. The molecule has 2 aromatic rings. The van der Waals surface area contributed by atoms with E-state index in [0.29, 0.717) is 31.5 Å². The Morgan fingerprint density at radius 3 is 2.63 bits per heavy atom. The third kappa shape index (κ3) is 3.21. The average Bonchev–Trinajstić information content (AvgIpc) is 2.36. The highest BCUT2D eigenvalue weighted by Gasteiger charge is 2.13. The molecular formula is C13H9BrCl2N2O. The molecule has 0 saturated carbocycles. The number of hydrogen-bond donors (Lipinski definition) is 2. The summed E-state index contributed by atoms with van der Waals surface area (Å²) in [5.41, 5.74) is 7.15. The smallest absolute Gasteiger partial charge is 0.256 e. The van der Waals surface area contributed by atoms with E-state index in [1.807, 2.05) is 0 Å². The highest BCUT2D eigenvalue weighted by Crippen LogP contribution is 2.28. The maximum atomic E-state index is 12.1. The van der Waals surface area contributed by atoms with Gasteiger partial charge in [-0.25, -0.2) is 0 Å². The van der Waals surface area contributed by atoms with Crippen LogP contribution in [-0.2, 0) is 0 Å². The van der Waals surface area contributed by atoms with Crippen molar-refractivity contribution in [1.29, 1.82) is 0 Å². The summed E-state index contributed by atoms with van der Waals surface area (Å²) in [6.07, 6.45) is 0. The molecule has 0 aliphatic heterocycles. The Labute approximate surface area is 128 Å². The Balaban J connectivity index is 2.28. The monoisotopic (exact) mass is 358 g/mol. The molecule has 1 amide bonds. The molecule has 0 aliphatic rings. The predicted octanol–water partition coefficient (Wildman–Crippen LogP) is 4.59. The molecule has 6 heteroatoms. The van der Waals surface area contributed by atoms with E-state index in [4.69, 9.17) is 28.9 Å². The molecule has 0 heterocycles. The number of rotatable bonds is 2. The van der Waals surface area contributed by atoms with E-state index in [2.05, 4.69) is 21.2 Å². The zero-order valence-electron chi connectivity index (χ0n) is 9.58. The molecule has 98 valence electrons. The van der Waals surface area contributed by atoms with Crippen LogP contribution in [0.3, 0.4) is 0 Å². The van der Waals surface area contributed by atoms with Gasteiger partial charge in [0.1, 0.15) is 0 Å². The quantitative estimate of drug-likeness (QED) is 0.770. The van der Waals surface area contributed by atoms with Crippen molar-refractivity contribution in [3.05, 3.63) is 56.5 Å². The summed E-state index contributed by atoms with van der Waals surface area (Å²) in [7, 11) is 0. The summed E-state index contributed by atoms with van der Waals surface area (Å²) in [5, 5.41) is 3.59. The number of halogens is 3. The molecule has 3 nitrogen and oxygen atoms in total. The van der Waals surface area contributed by atoms with Gasteiger partial charge in [0.15, 0.2) is 0 Å². The Morgan fingerprint density at radius 1 is 1.21 bits per heavy atom. The molecule has 3 N–H and O–H groups in total. The van der Waals surface area contributed by atoms with Crippen LogP contribution >= 0.6 is 39.1 Å². The van der Waals surface area contributed by atoms with Gasteiger partial charge in [0.2, 0.25) is 0 Å². The second-order valence-electron chi connectivity index (χ2n) is 3.79. The van der Waals surface area contributed by atoms with E-state index >= 15 is 0 Å². The normalized spacial score (nSPS) is 10.3. The zero-order valence-corrected chi connectivity index (χ0v) is 12.7. The number of nitrogens with two attached hydrogens (primary N) is 1. The number of benzene rings is 2. The maximum Gasteiger partial charge on any atom is 0.256 e. The van der Waals surface area contributed by atoms with Gasteiger partial charge in [-0.3, -0.25) is 4.79 Å². The fourth-order valence-corrected chi connectivity index (χ4v) is 2.41. The van der Waals surface area contributed by atoms with Crippen LogP contribution in [0.15, 0.2) is 40.9 Å². The summed E-state index contributed by atoms with van der Waals surface area (Å²) in [6.45, 7) is 0. The first-order chi connectivity index (χ1) is 8.99. The van der Waals surface area contributed by atoms with Crippen molar-refractivity contribution < 1.29 is 4.79 Å². The van der Waals surface area contributed by atoms with Crippen molar-refractivity contribution in [1.82, 2.24) is 0 Å². The summed E-state index contributed by atoms with van der Waals surface area (Å²) >= 11 is 15.1. The average molecular weight is 360 g/mol. The summed E-state index contributed by atoms with van der Waals surface area (Å²) in [5.74, 6) is -0.302. The van der Waals surface area contributed by atoms with Gasteiger partial charge >= 0.3 is 0 Å². The molecule has 0 aromatic heterocycles. The Kier molecular flexibility index (Phi) is 4.34. The lowest BCUT2D eigenvalue weighted by molar-refractivity contribution is 0.102. The van der Waals surface area contributed by atoms with E-state index in [1.165, 1.54) is 0 Å². The molecule has 0 unspecified atom stereocenters. The molecule has 0 bridgehead atoms. The van der Waals surface area contributed by atoms with Crippen LogP contribution in [0.1, 0.15) is 10.4 Å². The number of carbonyl (C=O) groups is 1. The topological polar surface area (TPSA) is 55.1 Å². The van der Waals surface area contributed by atoms with Crippen LogP contribution < -0.4 is 11.1 Å². The van der Waals surface area contributed by atoms with Crippen LogP contribution in [0.5, 0.6) is 0 Å². The fourth-order valence-electron chi connectivity index (χ4n) is 1.51. The Hall–Kier alpha value is -1.23. The maximum absolute atomic E-state index is 12.1. The third-order valence-electron chi connectivity index (χ3n) is 2.45. The SMILES string of the molecule is Nc1cccc(C(=O)Nc2ccc(Cl)cc2Cl)c1Br. The van der Waals surface area contributed by atoms with Gasteiger partial charge < -0.3 is 11.1 Å². The minimum absolute atomic E-state index is 0.302. The number of nitrogens with one attached hydrogen (secondary N) is 1. The molecule has 0 spiro atoms. The second-order valence-corrected chi connectivity index (χ2v) is 5.42. The minimum Gasteiger partial charge on any atom is -0.398 e. The standard InChI is InChI=1S/C13H9BrCl2N2O/c14-12-8(2-1-3-10(12)17)13(19)18-11-5-4-7(15)6-9(11)16/h1-6H,17H2,(H,18,19). The first-order valence-corrected chi connectivity index (χ1v) is 6.84. The second kappa shape index (κ2) is 5.82. The van der Waals surface area contributed by atoms with Crippen LogP contribution in [0.25, 0.3) is 0 Å². The van der Waals surface area contributed by atoms with Gasteiger partial charge in [-0.05, 0) is 46.3 Å². The van der Waals surface area contributed by atoms with E-state index < -0.39 is 0 Å². The van der Waals surface area contributed by atoms with Crippen LogP contribution in [0.2, 0.25) is 10.0 Å². The Bertz CT molecular complexity index is 647. The lowest BCUT2D eigenvalue weighted by atomic mass is 10.2. The molecule has 0 saturated heterocycles. The van der Waals surface area contributed by atoms with Crippen LogP contribution in [0, 0.1) is 0 Å². The van der Waals surface area contributed by atoms with Crippen LogP contribution in [-0.4, -0.2) is 5.91 Å². The predicted molar refractivity (Wildman–Crippen MR) is 83.0 cm³/mol. The van der Waals surface area contributed by atoms with Crippen molar-refractivity contribution in [2.24, 2.45) is 0 Å². The molecule has 2 aromatic carbocycles. The van der Waals surface area contributed by atoms with Crippen molar-refractivity contribution >= 4 is 56.4 Å². The lowest BCUT2D eigenvalue weighted by Gasteiger charge is -2.09. The van der Waals surface area contributed by atoms with Gasteiger partial charge in [0.25, 0.3) is 5.91 Å². The van der Waals surface area contributed by atoms with E-state index in [0.717, 1.165) is 0 Å². The van der Waals surface area contributed by atoms with Gasteiger partial charge in [0, 0.05) is 10.7 Å². The first kappa shape index (κ1) is 14.2. The zero-order chi connectivity index (χ0) is 14.0. The lowest BCUT2D eigenvalue weighted by Crippen LogP contribution is -2.13. The number of amides is 1. The summed E-state index contributed by atoms with van der Waals surface area (Å²) in [6, 6.07) is 9.93. The summed E-state index contributed by atoms with van der Waals surface area (Å²) < 4.78 is 0.553. The van der Waals surface area contributed by atoms with Gasteiger partial charge in [-0.15, -0.1) is 0 Å². The van der Waals surface area contributed by atoms with Crippen molar-refractivity contribution in [2.75, 3.05) is 11.1 Å². The Morgan fingerprint density at radius 2 is 1.95 bits per heavy atom. The fraction of sp³-hybridized carbons (Fsp3) is 0. The molecule has 2 rings (SSSR count). The third-order valence-corrected chi connectivity index (χ3v) is 3.89. The first-order valence-electron chi connectivity index (χ1n) is 5.29. The summed E-state index contributed by atoms with van der Waals surface area (Å²) in [4.78, 5) is 12.1. The van der Waals surface area contributed by atoms with E-state index in [-0.39, 0.29) is 5.91 Å². The van der Waals surface area contributed by atoms with Crippen molar-refractivity contribution in [3.8, 4) is 0 Å². The highest BCUT2D eigenvalue weighted by molar-refractivity contribution is 9.10. The molecule has 19 heavy (non-hydrogen) atoms. The van der Waals surface area contributed by atoms with Gasteiger partial charge in [-0.2, -0.15) is 0 Å². The number of nitrogen functional groups attached to an aromatic ring is 1. The van der Waals surface area contributed by atoms with Gasteiger partial charge in [0.05, 0.1) is 20.7 Å². The van der Waals surface area contributed by atoms with E-state index in [9.17, 15) is 4.79 Å². The van der Waals surface area contributed by atoms with Crippen LogP contribution in [0.4, 0.5) is 11.4 Å². The van der Waals surface area contributed by atoms with Gasteiger partial charge in [-0.1, -0.05) is 29.3 Å². The number of carbonyl (C=O) groups excluding carboxylic acids is 1. The minimum atomic E-state index is -0.302. The highest BCUT2D eigenvalue weighted by atomic mass is 79.9.